The van der Waals surface area contributed by atoms with Gasteiger partial charge >= 0.3 is 0 Å². The highest BCUT2D eigenvalue weighted by molar-refractivity contribution is 8.13. The van der Waals surface area contributed by atoms with E-state index in [9.17, 15) is 13.6 Å². The zero-order valence-electron chi connectivity index (χ0n) is 9.22. The molecule has 1 aromatic rings. The average Bonchev–Trinajstić information content (AvgIpc) is 2.73. The second-order valence-corrected chi connectivity index (χ2v) is 4.79. The fourth-order valence-electron chi connectivity index (χ4n) is 0.703. The van der Waals surface area contributed by atoms with Crippen LogP contribution in [0.1, 0.15) is 0 Å². The first-order chi connectivity index (χ1) is 8.06. The van der Waals surface area contributed by atoms with E-state index in [0.717, 1.165) is 23.3 Å². The van der Waals surface area contributed by atoms with Crippen molar-refractivity contribution < 1.29 is 18.3 Å². The van der Waals surface area contributed by atoms with Gasteiger partial charge in [0, 0.05) is 37.4 Å². The summed E-state index contributed by atoms with van der Waals surface area (Å²) in [6.45, 7) is -1.87. The Hall–Kier alpha value is -0.960. The van der Waals surface area contributed by atoms with Gasteiger partial charge in [-0.05, 0) is 0 Å². The molecule has 0 saturated heterocycles. The van der Waals surface area contributed by atoms with Crippen LogP contribution in [-0.2, 0) is 0 Å². The second-order valence-electron chi connectivity index (χ2n) is 3.15. The summed E-state index contributed by atoms with van der Waals surface area (Å²) in [4.78, 5) is 16.5. The van der Waals surface area contributed by atoms with Crippen molar-refractivity contribution in [3.63, 3.8) is 0 Å². The van der Waals surface area contributed by atoms with Gasteiger partial charge in [-0.15, -0.1) is 0 Å². The molecule has 1 heterocycles. The molecule has 0 aromatic carbocycles. The number of halogens is 2. The third kappa shape index (κ3) is 4.43. The van der Waals surface area contributed by atoms with Crippen LogP contribution in [0.25, 0.3) is 0 Å². The Morgan fingerprint density at radius 1 is 1.53 bits per heavy atom. The van der Waals surface area contributed by atoms with Crippen LogP contribution in [0.2, 0.25) is 0 Å². The molecule has 0 radical (unpaired) electrons. The Bertz CT molecular complexity index is 371. The third-order valence-corrected chi connectivity index (χ3v) is 3.17. The minimum Gasteiger partial charge on any atom is -0.460 e. The minimum absolute atomic E-state index is 0.0550. The predicted octanol–water partition coefficient (Wildman–Crippen LogP) is 2.00. The number of carbonyl (C=O) groups is 1. The van der Waals surface area contributed by atoms with Gasteiger partial charge in [0.2, 0.25) is 5.16 Å². The lowest BCUT2D eigenvalue weighted by Gasteiger charge is -2.08. The van der Waals surface area contributed by atoms with Crippen LogP contribution in [-0.4, -0.2) is 53.0 Å². The van der Waals surface area contributed by atoms with Crippen molar-refractivity contribution in [3.8, 4) is 5.19 Å². The number of hydrogen-bond acceptors (Lipinski definition) is 6. The highest BCUT2D eigenvalue weighted by Gasteiger charge is 2.16. The van der Waals surface area contributed by atoms with Crippen LogP contribution in [0.4, 0.5) is 13.6 Å². The quantitative estimate of drug-likeness (QED) is 0.774. The first-order valence-corrected chi connectivity index (χ1v) is 6.17. The monoisotopic (exact) mass is 283 g/mol. The van der Waals surface area contributed by atoms with Gasteiger partial charge in [-0.3, -0.25) is 4.79 Å². The maximum Gasteiger partial charge on any atom is 0.294 e. The number of alkyl halides is 2. The standard InChI is InChI=1S/C8H11F2N3O2S2/c1-13(2)8(14)16-6-11-7(17-12-6)15-5(3-9)4-10/h5H,3-4H2,1-2H3. The van der Waals surface area contributed by atoms with E-state index in [1.807, 2.05) is 0 Å². The second kappa shape index (κ2) is 6.70. The average molecular weight is 283 g/mol. The zero-order valence-corrected chi connectivity index (χ0v) is 10.9. The first-order valence-electron chi connectivity index (χ1n) is 4.58. The Morgan fingerprint density at radius 2 is 2.18 bits per heavy atom. The number of ether oxygens (including phenoxy) is 1. The van der Waals surface area contributed by atoms with Crippen molar-refractivity contribution >= 4 is 28.5 Å². The van der Waals surface area contributed by atoms with E-state index in [-0.39, 0.29) is 15.6 Å². The van der Waals surface area contributed by atoms with Crippen molar-refractivity contribution in [1.29, 1.82) is 0 Å². The molecule has 96 valence electrons. The summed E-state index contributed by atoms with van der Waals surface area (Å²) in [7, 11) is 3.20. The Balaban J connectivity index is 2.56. The Labute approximate surface area is 105 Å². The van der Waals surface area contributed by atoms with E-state index >= 15 is 0 Å². The Morgan fingerprint density at radius 3 is 2.71 bits per heavy atom. The molecule has 1 amide bonds. The fourth-order valence-corrected chi connectivity index (χ4v) is 1.99. The van der Waals surface area contributed by atoms with Crippen molar-refractivity contribution in [2.45, 2.75) is 11.3 Å². The molecule has 0 N–H and O–H groups in total. The summed E-state index contributed by atoms with van der Waals surface area (Å²) >= 11 is 1.68. The van der Waals surface area contributed by atoms with Crippen LogP contribution in [0.3, 0.4) is 0 Å². The summed E-state index contributed by atoms with van der Waals surface area (Å²) in [5, 5.41) is 0.0291. The highest BCUT2D eigenvalue weighted by Crippen LogP contribution is 2.24. The molecule has 5 nitrogen and oxygen atoms in total. The molecular formula is C8H11F2N3O2S2. The molecule has 1 rings (SSSR count). The maximum absolute atomic E-state index is 12.2. The molecule has 17 heavy (non-hydrogen) atoms. The van der Waals surface area contributed by atoms with Crippen molar-refractivity contribution in [1.82, 2.24) is 14.3 Å². The summed E-state index contributed by atoms with van der Waals surface area (Å²) in [5.74, 6) is 0. The largest absolute Gasteiger partial charge is 0.460 e. The smallest absolute Gasteiger partial charge is 0.294 e. The molecule has 9 heteroatoms. The lowest BCUT2D eigenvalue weighted by atomic mass is 10.4. The van der Waals surface area contributed by atoms with Crippen LogP contribution in [0.15, 0.2) is 5.16 Å². The van der Waals surface area contributed by atoms with Crippen LogP contribution >= 0.6 is 23.3 Å². The van der Waals surface area contributed by atoms with Gasteiger partial charge in [-0.2, -0.15) is 9.36 Å². The van der Waals surface area contributed by atoms with E-state index < -0.39 is 19.5 Å². The molecule has 0 fully saturated rings. The fraction of sp³-hybridized carbons (Fsp3) is 0.625. The molecule has 0 atom stereocenters. The number of amides is 1. The van der Waals surface area contributed by atoms with Crippen molar-refractivity contribution in [2.75, 3.05) is 27.4 Å². The maximum atomic E-state index is 12.2. The molecule has 0 saturated carbocycles. The number of hydrogen-bond donors (Lipinski definition) is 0. The van der Waals surface area contributed by atoms with E-state index in [0.29, 0.717) is 0 Å². The molecule has 0 unspecified atom stereocenters. The molecule has 0 aliphatic rings. The SMILES string of the molecule is CN(C)C(=O)Sc1nsc(OC(CF)CF)n1. The summed E-state index contributed by atoms with van der Waals surface area (Å²) in [6.07, 6.45) is -1.16. The topological polar surface area (TPSA) is 55.3 Å². The molecule has 0 spiro atoms. The number of nitrogens with zero attached hydrogens (tertiary/aromatic N) is 3. The van der Waals surface area contributed by atoms with Crippen LogP contribution in [0.5, 0.6) is 5.19 Å². The van der Waals surface area contributed by atoms with Gasteiger partial charge in [0.25, 0.3) is 10.4 Å². The molecule has 0 bridgehead atoms. The zero-order chi connectivity index (χ0) is 12.8. The molecular weight excluding hydrogens is 272 g/mol. The van der Waals surface area contributed by atoms with Gasteiger partial charge in [0.1, 0.15) is 13.3 Å². The normalized spacial score (nSPS) is 10.6. The summed E-state index contributed by atoms with van der Waals surface area (Å²) in [5.41, 5.74) is 0. The first kappa shape index (κ1) is 14.1. The van der Waals surface area contributed by atoms with Crippen LogP contribution < -0.4 is 4.74 Å². The number of carbonyl (C=O) groups excluding carboxylic acids is 1. The van der Waals surface area contributed by atoms with Gasteiger partial charge < -0.3 is 9.64 Å². The van der Waals surface area contributed by atoms with Gasteiger partial charge in [-0.1, -0.05) is 0 Å². The van der Waals surface area contributed by atoms with Crippen LogP contribution in [0, 0.1) is 0 Å². The van der Waals surface area contributed by atoms with E-state index in [4.69, 9.17) is 4.74 Å². The van der Waals surface area contributed by atoms with Gasteiger partial charge in [0.05, 0.1) is 0 Å². The van der Waals surface area contributed by atoms with Crippen molar-refractivity contribution in [3.05, 3.63) is 0 Å². The lowest BCUT2D eigenvalue weighted by Crippen LogP contribution is -2.21. The van der Waals surface area contributed by atoms with Gasteiger partial charge in [-0.25, -0.2) is 8.78 Å². The number of rotatable bonds is 5. The highest BCUT2D eigenvalue weighted by atomic mass is 32.2. The lowest BCUT2D eigenvalue weighted by molar-refractivity contribution is 0.132. The van der Waals surface area contributed by atoms with Gasteiger partial charge in [0.15, 0.2) is 6.10 Å². The van der Waals surface area contributed by atoms with E-state index in [2.05, 4.69) is 9.36 Å². The third-order valence-electron chi connectivity index (χ3n) is 1.54. The molecule has 0 aliphatic heterocycles. The minimum atomic E-state index is -1.16. The summed E-state index contributed by atoms with van der Waals surface area (Å²) < 4.78 is 33.1. The predicted molar refractivity (Wildman–Crippen MR) is 61.2 cm³/mol. The van der Waals surface area contributed by atoms with E-state index in [1.54, 1.807) is 14.1 Å². The number of thioether (sulfide) groups is 1. The van der Waals surface area contributed by atoms with E-state index in [1.165, 1.54) is 4.90 Å². The summed E-state index contributed by atoms with van der Waals surface area (Å²) in [6, 6.07) is 0. The van der Waals surface area contributed by atoms with Crippen molar-refractivity contribution in [2.24, 2.45) is 0 Å². The Kier molecular flexibility index (Phi) is 5.56. The molecule has 0 aliphatic carbocycles. The molecule has 1 aromatic heterocycles. The number of aromatic nitrogens is 2.